The van der Waals surface area contributed by atoms with Gasteiger partial charge < -0.3 is 21.1 Å². The van der Waals surface area contributed by atoms with E-state index in [1.165, 1.54) is 24.3 Å². The maximum absolute atomic E-state index is 11.9. The molecule has 0 heterocycles. The minimum absolute atomic E-state index is 0.256. The van der Waals surface area contributed by atoms with E-state index in [0.717, 1.165) is 0 Å². The van der Waals surface area contributed by atoms with Gasteiger partial charge in [0.15, 0.2) is 0 Å². The molecule has 1 aromatic carbocycles. The van der Waals surface area contributed by atoms with E-state index in [4.69, 9.17) is 10.5 Å². The predicted molar refractivity (Wildman–Crippen MR) is 73.2 cm³/mol. The number of esters is 1. The first-order valence-corrected chi connectivity index (χ1v) is 6.08. The van der Waals surface area contributed by atoms with E-state index in [1.54, 1.807) is 13.8 Å². The number of hydrogen-bond acceptors (Lipinski definition) is 4. The van der Waals surface area contributed by atoms with E-state index < -0.39 is 23.9 Å². The summed E-state index contributed by atoms with van der Waals surface area (Å²) in [6.07, 6.45) is 0. The highest BCUT2D eigenvalue weighted by atomic mass is 16.5. The molecular formula is C13H17N3O4. The van der Waals surface area contributed by atoms with Crippen molar-refractivity contribution in [3.05, 3.63) is 29.8 Å². The Morgan fingerprint density at radius 2 is 1.85 bits per heavy atom. The van der Waals surface area contributed by atoms with Crippen LogP contribution in [0.25, 0.3) is 0 Å². The molecule has 1 aromatic rings. The Morgan fingerprint density at radius 1 is 1.25 bits per heavy atom. The second-order valence-corrected chi connectivity index (χ2v) is 4.01. The molecule has 4 N–H and O–H groups in total. The van der Waals surface area contributed by atoms with Gasteiger partial charge in [0.1, 0.15) is 6.04 Å². The summed E-state index contributed by atoms with van der Waals surface area (Å²) >= 11 is 0. The summed E-state index contributed by atoms with van der Waals surface area (Å²) in [6, 6.07) is 4.68. The average Bonchev–Trinajstić information content (AvgIpc) is 2.39. The Kier molecular flexibility index (Phi) is 5.52. The lowest BCUT2D eigenvalue weighted by molar-refractivity contribution is -0.144. The highest BCUT2D eigenvalue weighted by Crippen LogP contribution is 2.09. The normalized spacial score (nSPS) is 11.3. The Hall–Kier alpha value is -2.57. The van der Waals surface area contributed by atoms with Gasteiger partial charge >= 0.3 is 12.0 Å². The van der Waals surface area contributed by atoms with Gasteiger partial charge in [-0.25, -0.2) is 9.59 Å². The monoisotopic (exact) mass is 279 g/mol. The number of carbonyl (C=O) groups is 3. The van der Waals surface area contributed by atoms with Crippen LogP contribution in [0.5, 0.6) is 0 Å². The van der Waals surface area contributed by atoms with Crippen LogP contribution in [0.4, 0.5) is 10.5 Å². The summed E-state index contributed by atoms with van der Waals surface area (Å²) in [5, 5.41) is 4.90. The first-order valence-electron chi connectivity index (χ1n) is 6.08. The van der Waals surface area contributed by atoms with E-state index in [0.29, 0.717) is 11.3 Å². The van der Waals surface area contributed by atoms with Crippen molar-refractivity contribution in [2.24, 2.45) is 5.73 Å². The second kappa shape index (κ2) is 7.13. The highest BCUT2D eigenvalue weighted by Gasteiger charge is 2.17. The molecule has 7 heteroatoms. The minimum atomic E-state index is -0.731. The van der Waals surface area contributed by atoms with Gasteiger partial charge in [-0.3, -0.25) is 4.79 Å². The van der Waals surface area contributed by atoms with Gasteiger partial charge in [-0.1, -0.05) is 0 Å². The Balaban J connectivity index is 2.63. The number of benzene rings is 1. The lowest BCUT2D eigenvalue weighted by atomic mass is 10.2. The summed E-state index contributed by atoms with van der Waals surface area (Å²) in [5.41, 5.74) is 5.81. The largest absolute Gasteiger partial charge is 0.464 e. The third kappa shape index (κ3) is 4.60. The summed E-state index contributed by atoms with van der Waals surface area (Å²) in [7, 11) is 0. The number of nitrogens with one attached hydrogen (secondary N) is 2. The van der Waals surface area contributed by atoms with Crippen molar-refractivity contribution in [2.45, 2.75) is 19.9 Å². The van der Waals surface area contributed by atoms with Crippen molar-refractivity contribution in [1.29, 1.82) is 0 Å². The van der Waals surface area contributed by atoms with E-state index in [-0.39, 0.29) is 6.61 Å². The lowest BCUT2D eigenvalue weighted by Crippen LogP contribution is -2.39. The molecule has 0 spiro atoms. The SMILES string of the molecule is CCOC(=O)C(C)NC(=O)c1ccc(NC(N)=O)cc1. The van der Waals surface area contributed by atoms with Gasteiger partial charge in [0.25, 0.3) is 5.91 Å². The number of urea groups is 1. The molecule has 7 nitrogen and oxygen atoms in total. The molecular weight excluding hydrogens is 262 g/mol. The van der Waals surface area contributed by atoms with Crippen molar-refractivity contribution >= 4 is 23.6 Å². The van der Waals surface area contributed by atoms with Gasteiger partial charge in [-0.15, -0.1) is 0 Å². The van der Waals surface area contributed by atoms with E-state index in [9.17, 15) is 14.4 Å². The molecule has 0 aliphatic carbocycles. The quantitative estimate of drug-likeness (QED) is 0.694. The first kappa shape index (κ1) is 15.5. The topological polar surface area (TPSA) is 111 Å². The van der Waals surface area contributed by atoms with Gasteiger partial charge in [0, 0.05) is 11.3 Å². The Bertz CT molecular complexity index is 499. The lowest BCUT2D eigenvalue weighted by Gasteiger charge is -2.12. The summed E-state index contributed by atoms with van der Waals surface area (Å²) in [5.74, 6) is -0.899. The van der Waals surface area contributed by atoms with Crippen molar-refractivity contribution in [2.75, 3.05) is 11.9 Å². The molecule has 0 fully saturated rings. The fraction of sp³-hybridized carbons (Fsp3) is 0.308. The second-order valence-electron chi connectivity index (χ2n) is 4.01. The van der Waals surface area contributed by atoms with Crippen LogP contribution < -0.4 is 16.4 Å². The number of primary amides is 1. The number of anilines is 1. The smallest absolute Gasteiger partial charge is 0.328 e. The molecule has 0 aliphatic heterocycles. The molecule has 1 rings (SSSR count). The van der Waals surface area contributed by atoms with Gasteiger partial charge in [-0.2, -0.15) is 0 Å². The molecule has 0 aromatic heterocycles. The van der Waals surface area contributed by atoms with Crippen molar-refractivity contribution in [3.8, 4) is 0 Å². The summed E-state index contributed by atoms with van der Waals surface area (Å²) < 4.78 is 4.79. The van der Waals surface area contributed by atoms with Gasteiger partial charge in [0.05, 0.1) is 6.61 Å². The van der Waals surface area contributed by atoms with E-state index >= 15 is 0 Å². The minimum Gasteiger partial charge on any atom is -0.464 e. The van der Waals surface area contributed by atoms with Crippen molar-refractivity contribution < 1.29 is 19.1 Å². The highest BCUT2D eigenvalue weighted by molar-refractivity contribution is 5.97. The zero-order valence-corrected chi connectivity index (χ0v) is 11.3. The van der Waals surface area contributed by atoms with Crippen LogP contribution in [0.2, 0.25) is 0 Å². The maximum Gasteiger partial charge on any atom is 0.328 e. The zero-order valence-electron chi connectivity index (χ0n) is 11.3. The van der Waals surface area contributed by atoms with Crippen molar-refractivity contribution in [3.63, 3.8) is 0 Å². The van der Waals surface area contributed by atoms with Gasteiger partial charge in [0.2, 0.25) is 0 Å². The molecule has 20 heavy (non-hydrogen) atoms. The number of amides is 3. The fourth-order valence-electron chi connectivity index (χ4n) is 1.45. The third-order valence-corrected chi connectivity index (χ3v) is 2.40. The van der Waals surface area contributed by atoms with Crippen LogP contribution >= 0.6 is 0 Å². The number of ether oxygens (including phenoxy) is 1. The molecule has 108 valence electrons. The standard InChI is InChI=1S/C13H17N3O4/c1-3-20-12(18)8(2)15-11(17)9-4-6-10(7-5-9)16-13(14)19/h4-8H,3H2,1-2H3,(H,15,17)(H3,14,16,19). The molecule has 0 saturated carbocycles. The average molecular weight is 279 g/mol. The number of hydrogen-bond donors (Lipinski definition) is 3. The summed E-state index contributed by atoms with van der Waals surface area (Å²) in [4.78, 5) is 33.9. The Morgan fingerprint density at radius 3 is 2.35 bits per heavy atom. The zero-order chi connectivity index (χ0) is 15.1. The Labute approximate surface area is 116 Å². The molecule has 0 radical (unpaired) electrons. The number of nitrogens with two attached hydrogens (primary N) is 1. The van der Waals surface area contributed by atoms with Crippen LogP contribution in [0.15, 0.2) is 24.3 Å². The third-order valence-electron chi connectivity index (χ3n) is 2.40. The van der Waals surface area contributed by atoms with Crippen LogP contribution in [0, 0.1) is 0 Å². The van der Waals surface area contributed by atoms with Crippen LogP contribution in [-0.2, 0) is 9.53 Å². The maximum atomic E-state index is 11.9. The van der Waals surface area contributed by atoms with E-state index in [2.05, 4.69) is 10.6 Å². The first-order chi connectivity index (χ1) is 9.43. The van der Waals surface area contributed by atoms with Crippen LogP contribution in [-0.4, -0.2) is 30.6 Å². The molecule has 1 atom stereocenters. The van der Waals surface area contributed by atoms with Crippen LogP contribution in [0.1, 0.15) is 24.2 Å². The van der Waals surface area contributed by atoms with Crippen LogP contribution in [0.3, 0.4) is 0 Å². The molecule has 0 saturated heterocycles. The molecule has 3 amide bonds. The van der Waals surface area contributed by atoms with Gasteiger partial charge in [-0.05, 0) is 38.1 Å². The number of rotatable bonds is 5. The molecule has 1 unspecified atom stereocenters. The van der Waals surface area contributed by atoms with E-state index in [1.807, 2.05) is 0 Å². The van der Waals surface area contributed by atoms with Crippen molar-refractivity contribution in [1.82, 2.24) is 5.32 Å². The number of carbonyl (C=O) groups excluding carboxylic acids is 3. The predicted octanol–water partition coefficient (Wildman–Crippen LogP) is 0.859. The molecule has 0 aliphatic rings. The fourth-order valence-corrected chi connectivity index (χ4v) is 1.45. The molecule has 0 bridgehead atoms. The summed E-state index contributed by atoms with van der Waals surface area (Å²) in [6.45, 7) is 3.49.